The van der Waals surface area contributed by atoms with Gasteiger partial charge in [0.05, 0.1) is 0 Å². The van der Waals surface area contributed by atoms with Gasteiger partial charge in [0.1, 0.15) is 70.0 Å². The van der Waals surface area contributed by atoms with E-state index in [1.807, 2.05) is 24.3 Å². The lowest BCUT2D eigenvalue weighted by Crippen LogP contribution is -2.35. The molecule has 2 N–H and O–H groups in total. The van der Waals surface area contributed by atoms with Crippen molar-refractivity contribution in [3.05, 3.63) is 72.8 Å². The molecular weight excluding hydrogens is 905 g/mol. The number of rotatable bonds is 8. The van der Waals surface area contributed by atoms with E-state index < -0.39 is 0 Å². The molecule has 8 bridgehead atoms. The highest BCUT2D eigenvalue weighted by atomic mass is 16.5. The summed E-state index contributed by atoms with van der Waals surface area (Å²) in [7, 11) is 8.67. The highest BCUT2D eigenvalue weighted by Crippen LogP contribution is 2.41. The number of fused-ring (bicyclic) bond motifs is 20. The Balaban J connectivity index is 1.02. The maximum absolute atomic E-state index is 6.68. The van der Waals surface area contributed by atoms with E-state index in [0.29, 0.717) is 45.9 Å². The molecule has 6 aliphatic rings. The predicted octanol–water partition coefficient (Wildman–Crippen LogP) is 8.76. The molecule has 0 radical (unpaired) electrons. The van der Waals surface area contributed by atoms with Crippen molar-refractivity contribution in [1.29, 1.82) is 0 Å². The fraction of sp³-hybridized carbons (Fsp3) is 0.429. The number of hydrogen-bond acceptors (Lipinski definition) is 14. The SMILES string of the molecule is CN1CCC(Oc2ccc3c(c2)-c2nc-3nc3[nH]c(nc4nc(nc5[nH]c(n2)c2cc(OC6CCN(C)CC6)ccc52)-c2ccc(OC5CCN(C)CC5)cc2-4)c2cc(OC4CCN(C)CC4)ccc32)CC1. The molecule has 13 rings (SSSR count). The first-order valence-corrected chi connectivity index (χ1v) is 26.0. The third-order valence-corrected chi connectivity index (χ3v) is 15.6. The average molecular weight is 967 g/mol. The van der Waals surface area contributed by atoms with Gasteiger partial charge < -0.3 is 48.5 Å². The van der Waals surface area contributed by atoms with Gasteiger partial charge in [0.2, 0.25) is 0 Å². The summed E-state index contributed by atoms with van der Waals surface area (Å²) in [4.78, 5) is 48.7. The summed E-state index contributed by atoms with van der Waals surface area (Å²) in [6, 6.07) is 24.8. The first-order chi connectivity index (χ1) is 35.2. The molecule has 4 aromatic carbocycles. The second-order valence-corrected chi connectivity index (χ2v) is 20.9. The van der Waals surface area contributed by atoms with Crippen LogP contribution in [0.25, 0.3) is 89.7 Å². The molecule has 7 aromatic rings. The summed E-state index contributed by atoms with van der Waals surface area (Å²) in [6.07, 6.45) is 8.25. The number of aromatic nitrogens is 8. The van der Waals surface area contributed by atoms with E-state index in [-0.39, 0.29) is 24.4 Å². The molecule has 4 fully saturated rings. The minimum atomic E-state index is 0.125. The van der Waals surface area contributed by atoms with Crippen LogP contribution in [-0.2, 0) is 0 Å². The maximum Gasteiger partial charge on any atom is 0.164 e. The topological polar surface area (TPSA) is 159 Å². The lowest BCUT2D eigenvalue weighted by molar-refractivity contribution is 0.114. The minimum absolute atomic E-state index is 0.125. The number of hydrogen-bond donors (Lipinski definition) is 2. The van der Waals surface area contributed by atoms with Gasteiger partial charge in [0.25, 0.3) is 0 Å². The molecule has 9 heterocycles. The predicted molar refractivity (Wildman–Crippen MR) is 281 cm³/mol. The van der Waals surface area contributed by atoms with E-state index >= 15 is 0 Å². The minimum Gasteiger partial charge on any atom is -0.490 e. The lowest BCUT2D eigenvalue weighted by Gasteiger charge is -2.29. The van der Waals surface area contributed by atoms with Crippen LogP contribution in [0.4, 0.5) is 0 Å². The molecular formula is C56H62N12O4. The van der Waals surface area contributed by atoms with Crippen molar-refractivity contribution in [2.75, 3.05) is 80.5 Å². The molecule has 0 aliphatic carbocycles. The zero-order chi connectivity index (χ0) is 48.5. The molecule has 6 aliphatic heterocycles. The third kappa shape index (κ3) is 8.99. The molecule has 370 valence electrons. The van der Waals surface area contributed by atoms with Crippen LogP contribution in [0, 0.1) is 0 Å². The first-order valence-electron chi connectivity index (χ1n) is 26.0. The van der Waals surface area contributed by atoms with Gasteiger partial charge in [-0.1, -0.05) is 0 Å². The van der Waals surface area contributed by atoms with Crippen LogP contribution in [0.1, 0.15) is 51.4 Å². The molecule has 16 nitrogen and oxygen atoms in total. The molecule has 0 saturated carbocycles. The number of piperidine rings is 4. The van der Waals surface area contributed by atoms with Crippen LogP contribution in [-0.4, -0.2) is 164 Å². The smallest absolute Gasteiger partial charge is 0.164 e. The molecule has 4 saturated heterocycles. The van der Waals surface area contributed by atoms with Crippen molar-refractivity contribution in [2.24, 2.45) is 0 Å². The van der Waals surface area contributed by atoms with Crippen molar-refractivity contribution < 1.29 is 18.9 Å². The molecule has 0 unspecified atom stereocenters. The van der Waals surface area contributed by atoms with Gasteiger partial charge in [-0.3, -0.25) is 0 Å². The van der Waals surface area contributed by atoms with Crippen molar-refractivity contribution in [2.45, 2.75) is 75.8 Å². The van der Waals surface area contributed by atoms with E-state index in [1.165, 1.54) is 0 Å². The standard InChI is InChI=1S/C56H62N12O4/c1-65-21-13-33(14-22-65)69-37-5-9-41-45(29-37)53-59-49(41)57-50-43-11-7-39(71-35-17-25-67(3)26-18-35)31-47(43)55(61-50)64-56-48-32-40(72-36-19-27-68(4)28-20-36)8-12-44(48)52(62-56)58-51-42-10-6-38(30-46(42)54(60-51)63-53)70-34-15-23-66(2)24-16-34/h5-12,29-36H,13-28H2,1-4H3,(H2,57,58,59,60,61,62,63,64). The Morgan fingerprint density at radius 3 is 0.944 bits per heavy atom. The van der Waals surface area contributed by atoms with Crippen molar-refractivity contribution in [3.63, 3.8) is 0 Å². The van der Waals surface area contributed by atoms with Gasteiger partial charge >= 0.3 is 0 Å². The Kier molecular flexibility index (Phi) is 11.7. The maximum atomic E-state index is 6.68. The monoisotopic (exact) mass is 967 g/mol. The van der Waals surface area contributed by atoms with Gasteiger partial charge in [-0.25, -0.2) is 29.9 Å². The Morgan fingerprint density at radius 2 is 0.611 bits per heavy atom. The van der Waals surface area contributed by atoms with E-state index in [1.54, 1.807) is 0 Å². The summed E-state index contributed by atoms with van der Waals surface area (Å²) in [5, 5.41) is 3.50. The average Bonchev–Trinajstić information content (AvgIpc) is 4.12. The number of nitrogens with one attached hydrogen (secondary N) is 2. The number of nitrogens with zero attached hydrogens (tertiary/aromatic N) is 10. The first kappa shape index (κ1) is 45.2. The Hall–Kier alpha value is -6.72. The summed E-state index contributed by atoms with van der Waals surface area (Å²) < 4.78 is 26.7. The van der Waals surface area contributed by atoms with Gasteiger partial charge in [-0.15, -0.1) is 0 Å². The van der Waals surface area contributed by atoms with E-state index in [9.17, 15) is 0 Å². The quantitative estimate of drug-likeness (QED) is 0.149. The fourth-order valence-electron chi connectivity index (χ4n) is 11.2. The van der Waals surface area contributed by atoms with Gasteiger partial charge in [0, 0.05) is 96.2 Å². The summed E-state index contributed by atoms with van der Waals surface area (Å²) in [5.74, 6) is 5.26. The lowest BCUT2D eigenvalue weighted by atomic mass is 10.1. The molecule has 0 amide bonds. The van der Waals surface area contributed by atoms with Crippen LogP contribution in [0.5, 0.6) is 23.0 Å². The zero-order valence-corrected chi connectivity index (χ0v) is 41.7. The number of ether oxygens (including phenoxy) is 4. The molecule has 16 heteroatoms. The van der Waals surface area contributed by atoms with E-state index in [0.717, 1.165) is 171 Å². The van der Waals surface area contributed by atoms with Gasteiger partial charge in [-0.2, -0.15) is 0 Å². The summed E-state index contributed by atoms with van der Waals surface area (Å²) >= 11 is 0. The normalized spacial score (nSPS) is 19.2. The van der Waals surface area contributed by atoms with Crippen LogP contribution in [0.2, 0.25) is 0 Å². The molecule has 3 aromatic heterocycles. The van der Waals surface area contributed by atoms with E-state index in [4.69, 9.17) is 48.9 Å². The second-order valence-electron chi connectivity index (χ2n) is 20.9. The zero-order valence-electron chi connectivity index (χ0n) is 41.7. The van der Waals surface area contributed by atoms with E-state index in [2.05, 4.69) is 106 Å². The third-order valence-electron chi connectivity index (χ3n) is 15.6. The number of benzene rings is 4. The van der Waals surface area contributed by atoms with Crippen molar-refractivity contribution >= 4 is 44.1 Å². The van der Waals surface area contributed by atoms with Crippen molar-refractivity contribution in [1.82, 2.24) is 59.5 Å². The second kappa shape index (κ2) is 18.7. The van der Waals surface area contributed by atoms with Gasteiger partial charge in [-0.05, 0) is 152 Å². The van der Waals surface area contributed by atoms with Crippen LogP contribution in [0.3, 0.4) is 0 Å². The number of H-pyrrole nitrogens is 2. The summed E-state index contributed by atoms with van der Waals surface area (Å²) in [6.45, 7) is 8.01. The number of aromatic amines is 2. The van der Waals surface area contributed by atoms with Gasteiger partial charge in [0.15, 0.2) is 23.3 Å². The Morgan fingerprint density at radius 1 is 0.333 bits per heavy atom. The van der Waals surface area contributed by atoms with Crippen LogP contribution < -0.4 is 18.9 Å². The highest BCUT2D eigenvalue weighted by Gasteiger charge is 2.27. The molecule has 0 spiro atoms. The van der Waals surface area contributed by atoms with Crippen LogP contribution >= 0.6 is 0 Å². The molecule has 72 heavy (non-hydrogen) atoms. The largest absolute Gasteiger partial charge is 0.490 e. The Bertz CT molecular complexity index is 3140. The Labute approximate surface area is 418 Å². The fourth-order valence-corrected chi connectivity index (χ4v) is 11.2. The summed E-state index contributed by atoms with van der Waals surface area (Å²) in [5.41, 5.74) is 5.84. The van der Waals surface area contributed by atoms with Crippen molar-refractivity contribution in [3.8, 4) is 68.5 Å². The number of likely N-dealkylation sites (tertiary alicyclic amines) is 4. The molecule has 0 atom stereocenters. The van der Waals surface area contributed by atoms with Crippen LogP contribution in [0.15, 0.2) is 72.8 Å². The highest BCUT2D eigenvalue weighted by molar-refractivity contribution is 6.07.